The summed E-state index contributed by atoms with van der Waals surface area (Å²) in [6.07, 6.45) is -0.0925. The van der Waals surface area contributed by atoms with E-state index in [0.717, 1.165) is 5.56 Å². The lowest BCUT2D eigenvalue weighted by Crippen LogP contribution is -2.53. The number of hydrogen-bond acceptors (Lipinski definition) is 3. The minimum Gasteiger partial charge on any atom is -0.444 e. The number of halogens is 3. The van der Waals surface area contributed by atoms with Gasteiger partial charge in [-0.1, -0.05) is 41.7 Å². The molecule has 2 atom stereocenters. The zero-order valence-corrected chi connectivity index (χ0v) is 17.8. The van der Waals surface area contributed by atoms with Crippen molar-refractivity contribution in [3.8, 4) is 0 Å². The lowest BCUT2D eigenvalue weighted by atomic mass is 9.91. The van der Waals surface area contributed by atoms with Gasteiger partial charge in [-0.2, -0.15) is 13.9 Å². The largest absolute Gasteiger partial charge is 0.444 e. The van der Waals surface area contributed by atoms with Crippen LogP contribution in [0.4, 0.5) is 18.1 Å². The Kier molecular flexibility index (Phi) is 5.82. The molecule has 2 aliphatic rings. The van der Waals surface area contributed by atoms with Crippen molar-refractivity contribution in [3.05, 3.63) is 35.9 Å². The molecule has 30 heavy (non-hydrogen) atoms. The second-order valence-electron chi connectivity index (χ2n) is 9.53. The van der Waals surface area contributed by atoms with Gasteiger partial charge in [0.15, 0.2) is 0 Å². The standard InChI is InChI=1S/C22H29F3N2O3/c1-20(2,3)30-19(29)26-13-10-16(14-17(26)15-8-6-5-7-9-15)27(25)18(28)22(23,24)21(4)11-12-21/h5-9,16-17H,10-14H2,1-4H3/t16-,17+/m1/s1. The number of hydrogen-bond donors (Lipinski definition) is 0. The minimum atomic E-state index is -3.74. The second-order valence-corrected chi connectivity index (χ2v) is 9.53. The van der Waals surface area contributed by atoms with E-state index in [1.54, 1.807) is 45.0 Å². The first-order valence-corrected chi connectivity index (χ1v) is 10.3. The monoisotopic (exact) mass is 426 g/mol. The van der Waals surface area contributed by atoms with Crippen LogP contribution in [0.3, 0.4) is 0 Å². The van der Waals surface area contributed by atoms with Crippen molar-refractivity contribution in [2.75, 3.05) is 6.54 Å². The van der Waals surface area contributed by atoms with Gasteiger partial charge in [-0.05, 0) is 52.0 Å². The van der Waals surface area contributed by atoms with E-state index in [1.165, 1.54) is 11.8 Å². The molecule has 166 valence electrons. The maximum Gasteiger partial charge on any atom is 0.410 e. The quantitative estimate of drug-likeness (QED) is 0.616. The van der Waals surface area contributed by atoms with Crippen molar-refractivity contribution in [2.45, 2.75) is 77.0 Å². The van der Waals surface area contributed by atoms with Crippen LogP contribution >= 0.6 is 0 Å². The molecule has 0 unspecified atom stereocenters. The van der Waals surface area contributed by atoms with Gasteiger partial charge in [0.05, 0.1) is 12.1 Å². The first-order chi connectivity index (χ1) is 13.9. The third kappa shape index (κ3) is 4.42. The summed E-state index contributed by atoms with van der Waals surface area (Å²) >= 11 is 0. The van der Waals surface area contributed by atoms with Gasteiger partial charge in [-0.15, -0.1) is 0 Å². The van der Waals surface area contributed by atoms with Crippen LogP contribution in [0.1, 0.15) is 65.0 Å². The number of carbonyl (C=O) groups excluding carboxylic acids is 2. The zero-order chi connectivity index (χ0) is 22.3. The molecule has 3 rings (SSSR count). The maximum absolute atomic E-state index is 14.9. The molecule has 8 heteroatoms. The predicted octanol–water partition coefficient (Wildman–Crippen LogP) is 5.28. The van der Waals surface area contributed by atoms with E-state index in [1.807, 2.05) is 6.07 Å². The summed E-state index contributed by atoms with van der Waals surface area (Å²) in [5, 5.41) is -0.300. The van der Waals surface area contributed by atoms with Crippen LogP contribution in [0.15, 0.2) is 30.3 Å². The Bertz CT molecular complexity index is 791. The number of nitrogens with zero attached hydrogens (tertiary/aromatic N) is 2. The van der Waals surface area contributed by atoms with E-state index in [9.17, 15) is 22.9 Å². The highest BCUT2D eigenvalue weighted by Crippen LogP contribution is 2.57. The van der Waals surface area contributed by atoms with Crippen molar-refractivity contribution < 1.29 is 27.6 Å². The molecule has 1 saturated heterocycles. The second kappa shape index (κ2) is 7.78. The molecule has 1 aliphatic carbocycles. The average Bonchev–Trinajstić information content (AvgIpc) is 3.45. The minimum absolute atomic E-state index is 0.0122. The predicted molar refractivity (Wildman–Crippen MR) is 105 cm³/mol. The summed E-state index contributed by atoms with van der Waals surface area (Å²) in [7, 11) is 0. The number of piperidine rings is 1. The Morgan fingerprint density at radius 2 is 1.77 bits per heavy atom. The highest BCUT2D eigenvalue weighted by Gasteiger charge is 2.64. The summed E-state index contributed by atoms with van der Waals surface area (Å²) in [4.78, 5) is 26.5. The van der Waals surface area contributed by atoms with E-state index in [2.05, 4.69) is 0 Å². The first-order valence-electron chi connectivity index (χ1n) is 10.3. The van der Waals surface area contributed by atoms with Crippen molar-refractivity contribution in [1.82, 2.24) is 10.0 Å². The Labute approximate surface area is 175 Å². The van der Waals surface area contributed by atoms with Gasteiger partial charge in [0.1, 0.15) is 5.60 Å². The van der Waals surface area contributed by atoms with Gasteiger partial charge in [0.2, 0.25) is 0 Å². The first kappa shape index (κ1) is 22.4. The van der Waals surface area contributed by atoms with Crippen LogP contribution in [0, 0.1) is 5.41 Å². The lowest BCUT2D eigenvalue weighted by molar-refractivity contribution is -0.191. The normalized spacial score (nSPS) is 23.6. The molecule has 0 N–H and O–H groups in total. The van der Waals surface area contributed by atoms with Gasteiger partial charge < -0.3 is 9.64 Å². The smallest absolute Gasteiger partial charge is 0.410 e. The van der Waals surface area contributed by atoms with Gasteiger partial charge in [-0.25, -0.2) is 4.79 Å². The fourth-order valence-electron chi connectivity index (χ4n) is 3.74. The van der Waals surface area contributed by atoms with Crippen molar-refractivity contribution in [2.24, 2.45) is 5.41 Å². The number of ether oxygens (including phenoxy) is 1. The molecule has 5 nitrogen and oxygen atoms in total. The number of amides is 2. The van der Waals surface area contributed by atoms with Gasteiger partial charge >= 0.3 is 17.9 Å². The summed E-state index contributed by atoms with van der Waals surface area (Å²) in [5.74, 6) is -5.53. The SMILES string of the molecule is CC(C)(C)OC(=O)N1CC[C@@H](N(F)C(=O)C(F)(F)C2(C)CC2)C[C@H]1c1ccccc1. The average molecular weight is 426 g/mol. The molecule has 1 saturated carbocycles. The van der Waals surface area contributed by atoms with Gasteiger partial charge in [0, 0.05) is 12.0 Å². The number of likely N-dealkylation sites (tertiary alicyclic amines) is 1. The number of benzene rings is 1. The van der Waals surface area contributed by atoms with Crippen LogP contribution < -0.4 is 0 Å². The van der Waals surface area contributed by atoms with Crippen molar-refractivity contribution >= 4 is 12.0 Å². The number of rotatable bonds is 4. The third-order valence-corrected chi connectivity index (χ3v) is 5.93. The summed E-state index contributed by atoms with van der Waals surface area (Å²) in [5.41, 5.74) is -1.45. The Balaban J connectivity index is 1.80. The van der Waals surface area contributed by atoms with E-state index < -0.39 is 41.0 Å². The lowest BCUT2D eigenvalue weighted by Gasteiger charge is -2.41. The molecular formula is C22H29F3N2O3. The fourth-order valence-corrected chi connectivity index (χ4v) is 3.74. The Morgan fingerprint density at radius 1 is 1.17 bits per heavy atom. The highest BCUT2D eigenvalue weighted by molar-refractivity contribution is 5.84. The molecular weight excluding hydrogens is 397 g/mol. The molecule has 1 aromatic rings. The summed E-state index contributed by atoms with van der Waals surface area (Å²) in [6.45, 7) is 6.64. The molecule has 2 amide bonds. The molecule has 0 radical (unpaired) electrons. The zero-order valence-electron chi connectivity index (χ0n) is 17.8. The Hall–Kier alpha value is -2.25. The summed E-state index contributed by atoms with van der Waals surface area (Å²) in [6, 6.07) is 7.32. The van der Waals surface area contributed by atoms with E-state index in [0.29, 0.717) is 0 Å². The highest BCUT2D eigenvalue weighted by atomic mass is 19.3. The molecule has 1 heterocycles. The van der Waals surface area contributed by atoms with Crippen LogP contribution in [0.25, 0.3) is 0 Å². The topological polar surface area (TPSA) is 49.9 Å². The molecule has 0 spiro atoms. The van der Waals surface area contributed by atoms with Crippen LogP contribution in [0.2, 0.25) is 0 Å². The molecule has 1 aromatic carbocycles. The molecule has 1 aliphatic heterocycles. The maximum atomic E-state index is 14.9. The fraction of sp³-hybridized carbons (Fsp3) is 0.636. The summed E-state index contributed by atoms with van der Waals surface area (Å²) < 4.78 is 49.3. The van der Waals surface area contributed by atoms with E-state index >= 15 is 0 Å². The molecule has 2 fully saturated rings. The van der Waals surface area contributed by atoms with Crippen LogP contribution in [0.5, 0.6) is 0 Å². The van der Waals surface area contributed by atoms with Crippen molar-refractivity contribution in [1.29, 1.82) is 0 Å². The number of carbonyl (C=O) groups is 2. The van der Waals surface area contributed by atoms with Gasteiger partial charge in [-0.3, -0.25) is 4.79 Å². The third-order valence-electron chi connectivity index (χ3n) is 5.93. The van der Waals surface area contributed by atoms with Crippen LogP contribution in [-0.4, -0.2) is 46.1 Å². The van der Waals surface area contributed by atoms with Gasteiger partial charge in [0.25, 0.3) is 0 Å². The van der Waals surface area contributed by atoms with Crippen LogP contribution in [-0.2, 0) is 9.53 Å². The molecule has 0 aromatic heterocycles. The van der Waals surface area contributed by atoms with E-state index in [4.69, 9.17) is 4.74 Å². The van der Waals surface area contributed by atoms with E-state index in [-0.39, 0.29) is 37.4 Å². The Morgan fingerprint density at radius 3 is 2.30 bits per heavy atom. The number of alkyl halides is 2. The molecule has 0 bridgehead atoms. The van der Waals surface area contributed by atoms with Crippen molar-refractivity contribution in [3.63, 3.8) is 0 Å².